The number of aromatic nitrogens is 3. The maximum absolute atomic E-state index is 12.5. The van der Waals surface area contributed by atoms with E-state index in [9.17, 15) is 10.1 Å². The quantitative estimate of drug-likeness (QED) is 0.932. The largest absolute Gasteiger partial charge is 0.361 e. The van der Waals surface area contributed by atoms with E-state index < -0.39 is 5.92 Å². The minimum atomic E-state index is -0.429. The van der Waals surface area contributed by atoms with Crippen molar-refractivity contribution in [2.24, 2.45) is 0 Å². The Labute approximate surface area is 131 Å². The fourth-order valence-electron chi connectivity index (χ4n) is 2.64. The number of rotatable bonds is 3. The number of fused-ring (bicyclic) bond motifs is 1. The van der Waals surface area contributed by atoms with Crippen LogP contribution in [0.25, 0.3) is 0 Å². The van der Waals surface area contributed by atoms with Crippen molar-refractivity contribution in [2.45, 2.75) is 38.4 Å². The van der Waals surface area contributed by atoms with Gasteiger partial charge in [-0.1, -0.05) is 16.9 Å². The van der Waals surface area contributed by atoms with E-state index in [4.69, 9.17) is 4.52 Å². The standard InChI is InChI=1S/C14H15N5O2S/c1-7(11-8(2)18-21-9(11)3)13(20)16-12-10(6-15)19-4-5-22-14(19)17-12/h7H,4-5H2,1-3H3,(H,16,20)/t7-/m0/s1. The molecule has 0 fully saturated rings. The molecule has 0 bridgehead atoms. The Morgan fingerprint density at radius 3 is 2.95 bits per heavy atom. The summed E-state index contributed by atoms with van der Waals surface area (Å²) in [5.74, 6) is 1.20. The van der Waals surface area contributed by atoms with Crippen LogP contribution < -0.4 is 5.32 Å². The van der Waals surface area contributed by atoms with Crippen LogP contribution in [0.5, 0.6) is 0 Å². The predicted octanol–water partition coefficient (Wildman–Crippen LogP) is 2.21. The molecule has 3 rings (SSSR count). The number of nitrogens with one attached hydrogen (secondary N) is 1. The number of nitrogens with zero attached hydrogens (tertiary/aromatic N) is 4. The molecule has 1 aliphatic heterocycles. The van der Waals surface area contributed by atoms with Crippen LogP contribution >= 0.6 is 11.8 Å². The van der Waals surface area contributed by atoms with Crippen LogP contribution in [-0.4, -0.2) is 26.4 Å². The molecule has 3 heterocycles. The van der Waals surface area contributed by atoms with Gasteiger partial charge in [-0.05, 0) is 20.8 Å². The van der Waals surface area contributed by atoms with Crippen LogP contribution in [0.1, 0.15) is 35.6 Å². The number of hydrogen-bond acceptors (Lipinski definition) is 6. The van der Waals surface area contributed by atoms with Crippen molar-refractivity contribution in [1.29, 1.82) is 5.26 Å². The maximum Gasteiger partial charge on any atom is 0.233 e. The lowest BCUT2D eigenvalue weighted by atomic mass is 9.99. The third kappa shape index (κ3) is 2.27. The number of aryl methyl sites for hydroxylation is 2. The molecule has 114 valence electrons. The Morgan fingerprint density at radius 1 is 1.55 bits per heavy atom. The lowest BCUT2D eigenvalue weighted by Crippen LogP contribution is -2.20. The van der Waals surface area contributed by atoms with Crippen LogP contribution in [0.4, 0.5) is 5.82 Å². The van der Waals surface area contributed by atoms with E-state index in [0.717, 1.165) is 23.0 Å². The van der Waals surface area contributed by atoms with Crippen molar-refractivity contribution in [2.75, 3.05) is 11.1 Å². The summed E-state index contributed by atoms with van der Waals surface area (Å²) in [5.41, 5.74) is 1.87. The van der Waals surface area contributed by atoms with Gasteiger partial charge in [-0.3, -0.25) is 4.79 Å². The van der Waals surface area contributed by atoms with Crippen molar-refractivity contribution in [3.8, 4) is 6.07 Å². The zero-order chi connectivity index (χ0) is 15.9. The monoisotopic (exact) mass is 317 g/mol. The number of thioether (sulfide) groups is 1. The Bertz CT molecular complexity index is 766. The second kappa shape index (κ2) is 5.50. The van der Waals surface area contributed by atoms with Gasteiger partial charge in [-0.2, -0.15) is 5.26 Å². The fraction of sp³-hybridized carbons (Fsp3) is 0.429. The summed E-state index contributed by atoms with van der Waals surface area (Å²) >= 11 is 1.58. The molecule has 0 aromatic carbocycles. The van der Waals surface area contributed by atoms with Crippen LogP contribution in [0.3, 0.4) is 0 Å². The Hall–Kier alpha value is -2.27. The van der Waals surface area contributed by atoms with Gasteiger partial charge in [0, 0.05) is 17.9 Å². The molecular weight excluding hydrogens is 302 g/mol. The van der Waals surface area contributed by atoms with E-state index >= 15 is 0 Å². The smallest absolute Gasteiger partial charge is 0.233 e. The molecule has 0 saturated carbocycles. The molecule has 1 aliphatic rings. The summed E-state index contributed by atoms with van der Waals surface area (Å²) in [4.78, 5) is 16.8. The van der Waals surface area contributed by atoms with Crippen molar-refractivity contribution in [1.82, 2.24) is 14.7 Å². The first-order chi connectivity index (χ1) is 10.5. The number of hydrogen-bond donors (Lipinski definition) is 1. The number of imidazole rings is 1. The lowest BCUT2D eigenvalue weighted by molar-refractivity contribution is -0.117. The second-order valence-electron chi connectivity index (χ2n) is 5.15. The van der Waals surface area contributed by atoms with Crippen LogP contribution in [0.15, 0.2) is 9.68 Å². The predicted molar refractivity (Wildman–Crippen MR) is 80.7 cm³/mol. The summed E-state index contributed by atoms with van der Waals surface area (Å²) in [5, 5.41) is 16.7. The average molecular weight is 317 g/mol. The summed E-state index contributed by atoms with van der Waals surface area (Å²) in [6.45, 7) is 6.11. The van der Waals surface area contributed by atoms with Crippen molar-refractivity contribution in [3.05, 3.63) is 22.7 Å². The average Bonchev–Trinajstić information content (AvgIpc) is 3.13. The van der Waals surface area contributed by atoms with E-state index in [0.29, 0.717) is 23.0 Å². The SMILES string of the molecule is Cc1noc(C)c1[C@H](C)C(=O)Nc1nc2n(c1C#N)CCS2. The molecule has 0 aliphatic carbocycles. The third-order valence-electron chi connectivity index (χ3n) is 3.74. The van der Waals surface area contributed by atoms with Crippen molar-refractivity contribution in [3.63, 3.8) is 0 Å². The molecule has 8 heteroatoms. The van der Waals surface area contributed by atoms with Gasteiger partial charge in [0.1, 0.15) is 11.8 Å². The van der Waals surface area contributed by atoms with Gasteiger partial charge in [-0.25, -0.2) is 4.98 Å². The highest BCUT2D eigenvalue weighted by atomic mass is 32.2. The number of carbonyl (C=O) groups is 1. The summed E-state index contributed by atoms with van der Waals surface area (Å²) in [6, 6.07) is 2.12. The summed E-state index contributed by atoms with van der Waals surface area (Å²) < 4.78 is 6.94. The van der Waals surface area contributed by atoms with Gasteiger partial charge >= 0.3 is 0 Å². The van der Waals surface area contributed by atoms with Crippen LogP contribution in [0.2, 0.25) is 0 Å². The highest BCUT2D eigenvalue weighted by molar-refractivity contribution is 7.99. The first-order valence-electron chi connectivity index (χ1n) is 6.90. The molecule has 22 heavy (non-hydrogen) atoms. The maximum atomic E-state index is 12.5. The molecule has 2 aromatic rings. The number of nitriles is 1. The third-order valence-corrected chi connectivity index (χ3v) is 4.70. The normalized spacial score (nSPS) is 14.5. The Balaban J connectivity index is 1.85. The fourth-order valence-corrected chi connectivity index (χ4v) is 3.59. The lowest BCUT2D eigenvalue weighted by Gasteiger charge is -2.11. The van der Waals surface area contributed by atoms with Gasteiger partial charge < -0.3 is 14.4 Å². The van der Waals surface area contributed by atoms with Gasteiger partial charge in [-0.15, -0.1) is 0 Å². The molecule has 2 aromatic heterocycles. The second-order valence-corrected chi connectivity index (χ2v) is 6.21. The molecule has 1 amide bonds. The van der Waals surface area contributed by atoms with Crippen molar-refractivity contribution < 1.29 is 9.32 Å². The highest BCUT2D eigenvalue weighted by Gasteiger charge is 2.27. The molecule has 1 N–H and O–H groups in total. The van der Waals surface area contributed by atoms with E-state index in [2.05, 4.69) is 21.5 Å². The molecule has 0 saturated heterocycles. The van der Waals surface area contributed by atoms with Gasteiger partial charge in [0.15, 0.2) is 16.7 Å². The van der Waals surface area contributed by atoms with Crippen LogP contribution in [0, 0.1) is 25.2 Å². The first-order valence-corrected chi connectivity index (χ1v) is 7.88. The zero-order valence-electron chi connectivity index (χ0n) is 12.5. The Morgan fingerprint density at radius 2 is 2.32 bits per heavy atom. The van der Waals surface area contributed by atoms with Gasteiger partial charge in [0.2, 0.25) is 5.91 Å². The summed E-state index contributed by atoms with van der Waals surface area (Å²) in [6.07, 6.45) is 0. The summed E-state index contributed by atoms with van der Waals surface area (Å²) in [7, 11) is 0. The number of anilines is 1. The van der Waals surface area contributed by atoms with E-state index in [1.165, 1.54) is 0 Å². The molecular formula is C14H15N5O2S. The minimum Gasteiger partial charge on any atom is -0.361 e. The molecule has 0 radical (unpaired) electrons. The first kappa shape index (κ1) is 14.7. The Kier molecular flexibility index (Phi) is 3.66. The number of amides is 1. The topological polar surface area (TPSA) is 96.7 Å². The highest BCUT2D eigenvalue weighted by Crippen LogP contribution is 2.31. The molecule has 0 spiro atoms. The van der Waals surface area contributed by atoms with E-state index in [1.54, 1.807) is 32.5 Å². The van der Waals surface area contributed by atoms with E-state index in [-0.39, 0.29) is 5.91 Å². The van der Waals surface area contributed by atoms with Gasteiger partial charge in [0.05, 0.1) is 11.6 Å². The zero-order valence-corrected chi connectivity index (χ0v) is 13.3. The molecule has 1 atom stereocenters. The van der Waals surface area contributed by atoms with E-state index in [1.807, 2.05) is 4.57 Å². The molecule has 7 nitrogen and oxygen atoms in total. The number of carbonyl (C=O) groups excluding carboxylic acids is 1. The van der Waals surface area contributed by atoms with Crippen LogP contribution in [-0.2, 0) is 11.3 Å². The van der Waals surface area contributed by atoms with Gasteiger partial charge in [0.25, 0.3) is 0 Å². The molecule has 0 unspecified atom stereocenters. The minimum absolute atomic E-state index is 0.229. The van der Waals surface area contributed by atoms with Crippen molar-refractivity contribution >= 4 is 23.5 Å².